The quantitative estimate of drug-likeness (QED) is 0.934. The Bertz CT molecular complexity index is 741. The number of carbonyl (C=O) groups excluding carboxylic acids is 1. The largest absolute Gasteiger partial charge is 0.356 e. The third-order valence-corrected chi connectivity index (χ3v) is 4.17. The lowest BCUT2D eigenvalue weighted by Crippen LogP contribution is -2.22. The number of hydrogen-bond donors (Lipinski definition) is 1. The number of anilines is 2. The van der Waals surface area contributed by atoms with Crippen molar-refractivity contribution in [3.8, 4) is 0 Å². The highest BCUT2D eigenvalue weighted by atomic mass is 35.5. The van der Waals surface area contributed by atoms with Crippen LogP contribution in [0.3, 0.4) is 0 Å². The molecule has 1 amide bonds. The van der Waals surface area contributed by atoms with Gasteiger partial charge in [0.1, 0.15) is 17.3 Å². The van der Waals surface area contributed by atoms with Crippen molar-refractivity contribution in [2.75, 3.05) is 23.3 Å². The van der Waals surface area contributed by atoms with E-state index in [9.17, 15) is 4.79 Å². The van der Waals surface area contributed by atoms with Crippen LogP contribution in [0.4, 0.5) is 11.5 Å². The third kappa shape index (κ3) is 3.62. The summed E-state index contributed by atoms with van der Waals surface area (Å²) in [5.74, 6) is 1.17. The number of aromatic nitrogens is 2. The molecule has 3 rings (SSSR count). The minimum Gasteiger partial charge on any atom is -0.356 e. The third-order valence-electron chi connectivity index (χ3n) is 3.93. The van der Waals surface area contributed by atoms with Crippen molar-refractivity contribution in [2.24, 2.45) is 0 Å². The first-order valence-electron chi connectivity index (χ1n) is 7.71. The van der Waals surface area contributed by atoms with Crippen molar-refractivity contribution >= 4 is 29.0 Å². The number of halogens is 1. The highest BCUT2D eigenvalue weighted by Gasteiger charge is 2.18. The Morgan fingerprint density at radius 3 is 2.65 bits per heavy atom. The summed E-state index contributed by atoms with van der Waals surface area (Å²) in [5, 5.41) is 3.47. The summed E-state index contributed by atoms with van der Waals surface area (Å²) in [4.78, 5) is 23.4. The van der Waals surface area contributed by atoms with Crippen molar-refractivity contribution < 1.29 is 4.79 Å². The highest BCUT2D eigenvalue weighted by molar-refractivity contribution is 6.31. The fraction of sp³-hybridized carbons (Fsp3) is 0.353. The molecule has 1 aromatic heterocycles. The summed E-state index contributed by atoms with van der Waals surface area (Å²) >= 11 is 6.00. The van der Waals surface area contributed by atoms with Gasteiger partial charge in [-0.1, -0.05) is 17.7 Å². The lowest BCUT2D eigenvalue weighted by atomic mass is 10.2. The van der Waals surface area contributed by atoms with Crippen molar-refractivity contribution in [1.82, 2.24) is 9.97 Å². The van der Waals surface area contributed by atoms with Crippen LogP contribution in [-0.2, 0) is 0 Å². The number of benzene rings is 1. The zero-order valence-corrected chi connectivity index (χ0v) is 14.0. The van der Waals surface area contributed by atoms with Crippen molar-refractivity contribution in [2.45, 2.75) is 26.7 Å². The van der Waals surface area contributed by atoms with Gasteiger partial charge in [0, 0.05) is 29.9 Å². The van der Waals surface area contributed by atoms with Gasteiger partial charge in [0.05, 0.1) is 0 Å². The number of nitrogens with zero attached hydrogens (tertiary/aromatic N) is 3. The highest BCUT2D eigenvalue weighted by Crippen LogP contribution is 2.22. The Hall–Kier alpha value is -2.14. The van der Waals surface area contributed by atoms with E-state index in [1.165, 1.54) is 0 Å². The molecular weight excluding hydrogens is 312 g/mol. The SMILES string of the molecule is Cc1nc(C(=O)Nc2cc(Cl)ccc2C)cc(N2CCCC2)n1. The Morgan fingerprint density at radius 2 is 1.91 bits per heavy atom. The number of nitrogens with one attached hydrogen (secondary N) is 1. The van der Waals surface area contributed by atoms with E-state index in [2.05, 4.69) is 20.2 Å². The monoisotopic (exact) mass is 330 g/mol. The molecule has 23 heavy (non-hydrogen) atoms. The molecule has 0 unspecified atom stereocenters. The first-order chi connectivity index (χ1) is 11.0. The zero-order valence-electron chi connectivity index (χ0n) is 13.3. The number of rotatable bonds is 3. The van der Waals surface area contributed by atoms with Crippen LogP contribution in [-0.4, -0.2) is 29.0 Å². The smallest absolute Gasteiger partial charge is 0.274 e. The normalized spacial score (nSPS) is 14.1. The average Bonchev–Trinajstić information content (AvgIpc) is 3.04. The molecule has 0 atom stereocenters. The molecule has 1 saturated heterocycles. The molecule has 120 valence electrons. The van der Waals surface area contributed by atoms with Gasteiger partial charge < -0.3 is 10.2 Å². The van der Waals surface area contributed by atoms with Gasteiger partial charge in [-0.3, -0.25) is 4.79 Å². The van der Waals surface area contributed by atoms with Gasteiger partial charge in [-0.05, 0) is 44.4 Å². The average molecular weight is 331 g/mol. The molecule has 0 radical (unpaired) electrons. The zero-order chi connectivity index (χ0) is 16.4. The second kappa shape index (κ2) is 6.54. The second-order valence-corrected chi connectivity index (χ2v) is 6.20. The van der Waals surface area contributed by atoms with Gasteiger partial charge in [0.15, 0.2) is 0 Å². The maximum atomic E-state index is 12.5. The van der Waals surface area contributed by atoms with Crippen LogP contribution < -0.4 is 10.2 Å². The molecule has 2 heterocycles. The summed E-state index contributed by atoms with van der Waals surface area (Å²) < 4.78 is 0. The molecule has 2 aromatic rings. The van der Waals surface area contributed by atoms with Gasteiger partial charge >= 0.3 is 0 Å². The summed E-state index contributed by atoms with van der Waals surface area (Å²) in [7, 11) is 0. The van der Waals surface area contributed by atoms with Crippen molar-refractivity contribution in [1.29, 1.82) is 0 Å². The summed E-state index contributed by atoms with van der Waals surface area (Å²) in [6.45, 7) is 5.68. The Kier molecular flexibility index (Phi) is 4.48. The van der Waals surface area contributed by atoms with Crippen LogP contribution in [0.1, 0.15) is 34.7 Å². The lowest BCUT2D eigenvalue weighted by Gasteiger charge is -2.17. The van der Waals surface area contributed by atoms with E-state index in [0.29, 0.717) is 22.2 Å². The Labute approximate surface area is 140 Å². The minimum atomic E-state index is -0.249. The fourth-order valence-corrected chi connectivity index (χ4v) is 2.86. The van der Waals surface area contributed by atoms with E-state index in [1.807, 2.05) is 13.0 Å². The predicted octanol–water partition coefficient (Wildman–Crippen LogP) is 3.60. The maximum absolute atomic E-state index is 12.5. The molecule has 5 nitrogen and oxygen atoms in total. The van der Waals surface area contributed by atoms with Gasteiger partial charge in [0.2, 0.25) is 0 Å². The van der Waals surface area contributed by atoms with E-state index in [4.69, 9.17) is 11.6 Å². The second-order valence-electron chi connectivity index (χ2n) is 5.77. The van der Waals surface area contributed by atoms with E-state index in [0.717, 1.165) is 37.3 Å². The van der Waals surface area contributed by atoms with Crippen LogP contribution >= 0.6 is 11.6 Å². The molecule has 1 aliphatic rings. The van der Waals surface area contributed by atoms with Gasteiger partial charge in [-0.2, -0.15) is 0 Å². The van der Waals surface area contributed by atoms with Gasteiger partial charge in [0.25, 0.3) is 5.91 Å². The molecule has 0 saturated carbocycles. The maximum Gasteiger partial charge on any atom is 0.274 e. The Balaban J connectivity index is 1.85. The molecule has 0 spiro atoms. The fourth-order valence-electron chi connectivity index (χ4n) is 2.69. The molecule has 1 aromatic carbocycles. The van der Waals surface area contributed by atoms with Gasteiger partial charge in [-0.15, -0.1) is 0 Å². The van der Waals surface area contributed by atoms with Crippen LogP contribution in [0.2, 0.25) is 5.02 Å². The van der Waals surface area contributed by atoms with Crippen LogP contribution in [0, 0.1) is 13.8 Å². The van der Waals surface area contributed by atoms with Crippen molar-refractivity contribution in [3.63, 3.8) is 0 Å². The van der Waals surface area contributed by atoms with Crippen LogP contribution in [0.5, 0.6) is 0 Å². The molecule has 1 aliphatic heterocycles. The lowest BCUT2D eigenvalue weighted by molar-refractivity contribution is 0.102. The van der Waals surface area contributed by atoms with Crippen LogP contribution in [0.15, 0.2) is 24.3 Å². The summed E-state index contributed by atoms with van der Waals surface area (Å²) in [6.07, 6.45) is 2.32. The first kappa shape index (κ1) is 15.7. The van der Waals surface area contributed by atoms with Crippen LogP contribution in [0.25, 0.3) is 0 Å². The van der Waals surface area contributed by atoms with E-state index in [1.54, 1.807) is 25.1 Å². The van der Waals surface area contributed by atoms with Crippen molar-refractivity contribution in [3.05, 3.63) is 46.4 Å². The predicted molar refractivity (Wildman–Crippen MR) is 92.4 cm³/mol. The molecule has 0 bridgehead atoms. The number of carbonyl (C=O) groups is 1. The minimum absolute atomic E-state index is 0.249. The van der Waals surface area contributed by atoms with E-state index < -0.39 is 0 Å². The molecule has 1 fully saturated rings. The van der Waals surface area contributed by atoms with E-state index in [-0.39, 0.29) is 5.91 Å². The van der Waals surface area contributed by atoms with E-state index >= 15 is 0 Å². The number of hydrogen-bond acceptors (Lipinski definition) is 4. The Morgan fingerprint density at radius 1 is 1.17 bits per heavy atom. The summed E-state index contributed by atoms with van der Waals surface area (Å²) in [5.41, 5.74) is 2.02. The topological polar surface area (TPSA) is 58.1 Å². The molecule has 0 aliphatic carbocycles. The molecule has 1 N–H and O–H groups in total. The first-order valence-corrected chi connectivity index (χ1v) is 8.09. The number of aryl methyl sites for hydroxylation is 2. The number of amides is 1. The molecular formula is C17H19ClN4O. The molecule has 6 heteroatoms. The standard InChI is InChI=1S/C17H19ClN4O/c1-11-5-6-13(18)9-14(11)21-17(23)15-10-16(20-12(2)19-15)22-7-3-4-8-22/h5-6,9-10H,3-4,7-8H2,1-2H3,(H,21,23). The summed E-state index contributed by atoms with van der Waals surface area (Å²) in [6, 6.07) is 7.17. The van der Waals surface area contributed by atoms with Gasteiger partial charge in [-0.25, -0.2) is 9.97 Å².